The van der Waals surface area contributed by atoms with E-state index in [1.54, 1.807) is 12.1 Å². The number of amides is 5. The summed E-state index contributed by atoms with van der Waals surface area (Å²) < 4.78 is 0. The number of aliphatic imine (C=N–C) groups is 2. The third-order valence-corrected chi connectivity index (χ3v) is 9.87. The van der Waals surface area contributed by atoms with Crippen LogP contribution in [0.15, 0.2) is 76.7 Å². The number of carbonyl (C=O) groups excluding carboxylic acids is 5. The minimum absolute atomic E-state index is 0.0128. The maximum absolute atomic E-state index is 14.5. The lowest BCUT2D eigenvalue weighted by atomic mass is 9.99. The van der Waals surface area contributed by atoms with Crippen LogP contribution in [0, 0.1) is 0 Å². The van der Waals surface area contributed by atoms with E-state index in [0.717, 1.165) is 16.3 Å². The molecule has 5 atom stereocenters. The maximum Gasteiger partial charge on any atom is 0.246 e. The number of hydrogen-bond acceptors (Lipinski definition) is 8. The van der Waals surface area contributed by atoms with Gasteiger partial charge in [-0.2, -0.15) is 0 Å². The molecular weight excluding hydrogens is 718 g/mol. The minimum atomic E-state index is -1.17. The minimum Gasteiger partial charge on any atom is -0.508 e. The summed E-state index contributed by atoms with van der Waals surface area (Å²) in [6.07, 6.45) is 1.73. The Bertz CT molecular complexity index is 1940. The highest BCUT2D eigenvalue weighted by atomic mass is 16.3. The molecular formula is C39H51N11O6. The van der Waals surface area contributed by atoms with Gasteiger partial charge in [-0.1, -0.05) is 54.6 Å². The van der Waals surface area contributed by atoms with Crippen molar-refractivity contribution in [3.8, 4) is 5.75 Å². The molecule has 56 heavy (non-hydrogen) atoms. The summed E-state index contributed by atoms with van der Waals surface area (Å²) in [5, 5.41) is 23.1. The first-order valence-corrected chi connectivity index (χ1v) is 18.8. The fraction of sp³-hybridized carbons (Fsp3) is 0.410. The lowest BCUT2D eigenvalue weighted by molar-refractivity contribution is -0.142. The number of phenolic OH excluding ortho intramolecular Hbond substituents is 1. The first kappa shape index (κ1) is 40.8. The molecule has 17 heteroatoms. The molecule has 3 aromatic carbocycles. The number of aromatic hydroxyl groups is 1. The molecule has 5 rings (SSSR count). The zero-order valence-corrected chi connectivity index (χ0v) is 31.2. The summed E-state index contributed by atoms with van der Waals surface area (Å²) in [5.41, 5.74) is 23.4. The van der Waals surface area contributed by atoms with E-state index in [0.29, 0.717) is 24.8 Å². The van der Waals surface area contributed by atoms with Crippen molar-refractivity contribution < 1.29 is 29.1 Å². The largest absolute Gasteiger partial charge is 0.508 e. The molecule has 2 aliphatic rings. The van der Waals surface area contributed by atoms with Gasteiger partial charge < -0.3 is 54.2 Å². The molecule has 17 nitrogen and oxygen atoms in total. The predicted octanol–water partition coefficient (Wildman–Crippen LogP) is -0.618. The van der Waals surface area contributed by atoms with E-state index in [1.165, 1.54) is 17.0 Å². The third-order valence-electron chi connectivity index (χ3n) is 9.87. The van der Waals surface area contributed by atoms with E-state index < -0.39 is 59.7 Å². The highest BCUT2D eigenvalue weighted by Crippen LogP contribution is 2.23. The highest BCUT2D eigenvalue weighted by Gasteiger charge is 2.40. The fourth-order valence-corrected chi connectivity index (χ4v) is 7.01. The molecule has 3 aromatic rings. The zero-order valence-electron chi connectivity index (χ0n) is 31.2. The molecule has 2 aliphatic heterocycles. The number of hydrogen-bond donors (Lipinski definition) is 9. The van der Waals surface area contributed by atoms with E-state index in [9.17, 15) is 29.1 Å². The van der Waals surface area contributed by atoms with Gasteiger partial charge in [0.25, 0.3) is 0 Å². The number of rotatable bonds is 12. The van der Waals surface area contributed by atoms with Crippen molar-refractivity contribution in [2.75, 3.05) is 19.6 Å². The van der Waals surface area contributed by atoms with E-state index in [2.05, 4.69) is 31.3 Å². The second-order valence-electron chi connectivity index (χ2n) is 14.1. The van der Waals surface area contributed by atoms with Crippen LogP contribution >= 0.6 is 0 Å². The fourth-order valence-electron chi connectivity index (χ4n) is 7.01. The predicted molar refractivity (Wildman–Crippen MR) is 212 cm³/mol. The molecule has 2 saturated heterocycles. The first-order valence-electron chi connectivity index (χ1n) is 18.8. The van der Waals surface area contributed by atoms with Crippen LogP contribution in [0.4, 0.5) is 0 Å². The number of nitrogens with two attached hydrogens (primary N) is 4. The Labute approximate surface area is 324 Å². The van der Waals surface area contributed by atoms with Crippen LogP contribution in [-0.4, -0.2) is 101 Å². The normalized spacial score (nSPS) is 22.1. The molecule has 0 saturated carbocycles. The van der Waals surface area contributed by atoms with Gasteiger partial charge in [-0.3, -0.25) is 34.0 Å². The van der Waals surface area contributed by atoms with Crippen molar-refractivity contribution in [2.45, 2.75) is 81.6 Å². The van der Waals surface area contributed by atoms with Crippen LogP contribution in [0.2, 0.25) is 0 Å². The summed E-state index contributed by atoms with van der Waals surface area (Å²) >= 11 is 0. The molecule has 2 fully saturated rings. The Morgan fingerprint density at radius 2 is 1.16 bits per heavy atom. The van der Waals surface area contributed by atoms with E-state index in [1.807, 2.05) is 42.5 Å². The smallest absolute Gasteiger partial charge is 0.246 e. The molecule has 0 unspecified atom stereocenters. The van der Waals surface area contributed by atoms with Crippen molar-refractivity contribution in [3.05, 3.63) is 77.9 Å². The van der Waals surface area contributed by atoms with E-state index >= 15 is 0 Å². The molecule has 0 bridgehead atoms. The third kappa shape index (κ3) is 11.3. The Balaban J connectivity index is 1.53. The van der Waals surface area contributed by atoms with E-state index in [-0.39, 0.29) is 69.4 Å². The molecule has 0 radical (unpaired) electrons. The highest BCUT2D eigenvalue weighted by molar-refractivity contribution is 5.98. The molecule has 0 aliphatic carbocycles. The van der Waals surface area contributed by atoms with E-state index in [4.69, 9.17) is 22.9 Å². The quantitative estimate of drug-likeness (QED) is 0.0640. The zero-order chi connectivity index (χ0) is 40.2. The number of fused-ring (bicyclic) bond motifs is 2. The lowest BCUT2D eigenvalue weighted by Gasteiger charge is -2.30. The second kappa shape index (κ2) is 19.3. The number of benzene rings is 3. The van der Waals surface area contributed by atoms with Crippen molar-refractivity contribution in [3.63, 3.8) is 0 Å². The van der Waals surface area contributed by atoms with Gasteiger partial charge in [-0.15, -0.1) is 0 Å². The monoisotopic (exact) mass is 769 g/mol. The summed E-state index contributed by atoms with van der Waals surface area (Å²) in [7, 11) is 0. The molecule has 0 spiro atoms. The van der Waals surface area contributed by atoms with Crippen molar-refractivity contribution in [1.82, 2.24) is 26.2 Å². The SMILES string of the molecule is NC(N)=NCCC[C@@H]1NC(=O)[C@H](CCCN=C(N)N)NC(=O)[C@@H](Cc2ccc(O)cc2)NC(=O)[C@H]2CCCN2C(=O)[C@H](Cc2ccc3ccccc3c2)NC1=O. The van der Waals surface area contributed by atoms with Crippen LogP contribution in [0.1, 0.15) is 49.7 Å². The molecule has 0 aromatic heterocycles. The summed E-state index contributed by atoms with van der Waals surface area (Å²) in [4.78, 5) is 80.4. The van der Waals surface area contributed by atoms with Crippen LogP contribution in [-0.2, 0) is 36.8 Å². The molecule has 298 valence electrons. The summed E-state index contributed by atoms with van der Waals surface area (Å²) in [6.45, 7) is 0.586. The van der Waals surface area contributed by atoms with Crippen molar-refractivity contribution in [2.24, 2.45) is 32.9 Å². The number of phenols is 1. The van der Waals surface area contributed by atoms with Crippen LogP contribution in [0.5, 0.6) is 5.75 Å². The number of guanidine groups is 2. The second-order valence-corrected chi connectivity index (χ2v) is 14.1. The standard InChI is InChI=1S/C39H51N11O6/c40-38(41)44-17-3-8-28-33(52)46-29(9-4-18-45-39(42)43)34(53)49-31(22-24-11-14-25-6-1-2-7-26(25)20-24)37(56)50-19-5-10-32(50)36(55)48-30(35(54)47-28)21-23-12-15-27(51)16-13-23/h1-2,6-7,11-16,20,28-32,51H,3-5,8-10,17-19,21-22H2,(H,46,52)(H,47,54)(H,48,55)(H,49,53)(H4,40,41,44)(H4,42,43,45)/t28-,29-,30+,31-,32+/m0/s1. The van der Waals surface area contributed by atoms with Gasteiger partial charge in [0.2, 0.25) is 29.5 Å². The molecule has 5 amide bonds. The van der Waals surface area contributed by atoms with Crippen LogP contribution in [0.3, 0.4) is 0 Å². The topological polar surface area (TPSA) is 286 Å². The van der Waals surface area contributed by atoms with Crippen LogP contribution in [0.25, 0.3) is 10.8 Å². The molecule has 13 N–H and O–H groups in total. The Morgan fingerprint density at radius 1 is 0.643 bits per heavy atom. The Kier molecular flexibility index (Phi) is 14.0. The average Bonchev–Trinajstić information content (AvgIpc) is 3.67. The van der Waals surface area contributed by atoms with Gasteiger partial charge in [0.15, 0.2) is 11.9 Å². The Hall–Kier alpha value is -6.39. The van der Waals surface area contributed by atoms with Gasteiger partial charge in [0, 0.05) is 32.5 Å². The number of nitrogens with one attached hydrogen (secondary N) is 4. The van der Waals surface area contributed by atoms with Gasteiger partial charge in [-0.05, 0) is 72.6 Å². The van der Waals surface area contributed by atoms with Crippen molar-refractivity contribution in [1.29, 1.82) is 0 Å². The van der Waals surface area contributed by atoms with Crippen LogP contribution < -0.4 is 44.2 Å². The van der Waals surface area contributed by atoms with Crippen molar-refractivity contribution >= 4 is 52.2 Å². The first-order chi connectivity index (χ1) is 26.9. The number of nitrogens with zero attached hydrogens (tertiary/aromatic N) is 3. The van der Waals surface area contributed by atoms with Gasteiger partial charge in [0.1, 0.15) is 36.0 Å². The van der Waals surface area contributed by atoms with Gasteiger partial charge in [-0.25, -0.2) is 0 Å². The summed E-state index contributed by atoms with van der Waals surface area (Å²) in [5.74, 6) is -3.23. The van der Waals surface area contributed by atoms with Gasteiger partial charge >= 0.3 is 0 Å². The average molecular weight is 770 g/mol. The maximum atomic E-state index is 14.5. The lowest BCUT2D eigenvalue weighted by Crippen LogP contribution is -2.58. The Morgan fingerprint density at radius 3 is 1.77 bits per heavy atom. The summed E-state index contributed by atoms with van der Waals surface area (Å²) in [6, 6.07) is 14.2. The molecule has 2 heterocycles. The van der Waals surface area contributed by atoms with Gasteiger partial charge in [0.05, 0.1) is 0 Å². The number of carbonyl (C=O) groups is 5.